The number of alkyl carbamates (subject to hydrolysis) is 1. The number of carbonyl (C=O) groups is 2. The number of fused-ring (bicyclic) bond motifs is 1. The van der Waals surface area contributed by atoms with Crippen molar-refractivity contribution < 1.29 is 14.3 Å². The van der Waals surface area contributed by atoms with E-state index in [1.165, 1.54) is 21.4 Å². The molecule has 30 heavy (non-hydrogen) atoms. The summed E-state index contributed by atoms with van der Waals surface area (Å²) in [7, 11) is 1.30. The van der Waals surface area contributed by atoms with E-state index in [0.29, 0.717) is 6.54 Å². The summed E-state index contributed by atoms with van der Waals surface area (Å²) in [5, 5.41) is 2.68. The zero-order chi connectivity index (χ0) is 21.4. The summed E-state index contributed by atoms with van der Waals surface area (Å²) in [5.74, 6) is 0.653. The molecule has 2 atom stereocenters. The predicted molar refractivity (Wildman–Crippen MR) is 120 cm³/mol. The van der Waals surface area contributed by atoms with Gasteiger partial charge in [0.05, 0.1) is 29.9 Å². The van der Waals surface area contributed by atoms with Crippen molar-refractivity contribution in [1.29, 1.82) is 0 Å². The largest absolute Gasteiger partial charge is 0.453 e. The number of aryl methyl sites for hydroxylation is 1. The first kappa shape index (κ1) is 20.9. The molecule has 2 N–H and O–H groups in total. The zero-order valence-electron chi connectivity index (χ0n) is 17.5. The molecule has 1 saturated heterocycles. The Labute approximate surface area is 183 Å². The van der Waals surface area contributed by atoms with Gasteiger partial charge in [-0.05, 0) is 37.8 Å². The van der Waals surface area contributed by atoms with Crippen molar-refractivity contribution in [2.75, 3.05) is 13.7 Å². The highest BCUT2D eigenvalue weighted by atomic mass is 32.1. The van der Waals surface area contributed by atoms with Gasteiger partial charge in [-0.25, -0.2) is 9.78 Å². The molecule has 160 valence electrons. The van der Waals surface area contributed by atoms with Crippen LogP contribution in [-0.4, -0.2) is 46.6 Å². The average Bonchev–Trinajstić information content (AvgIpc) is 3.46. The Morgan fingerprint density at radius 2 is 2.07 bits per heavy atom. The molecule has 0 spiro atoms. The summed E-state index contributed by atoms with van der Waals surface area (Å²) in [6.45, 7) is 6.60. The minimum Gasteiger partial charge on any atom is -0.453 e. The Balaban J connectivity index is 1.55. The number of imidazole rings is 1. The van der Waals surface area contributed by atoms with Crippen LogP contribution in [0.1, 0.15) is 43.4 Å². The quantitative estimate of drug-likeness (QED) is 0.594. The number of thiophene rings is 2. The molecule has 2 unspecified atom stereocenters. The van der Waals surface area contributed by atoms with Gasteiger partial charge in [-0.15, -0.1) is 22.7 Å². The number of rotatable bonds is 5. The number of aromatic amines is 1. The predicted octanol–water partition coefficient (Wildman–Crippen LogP) is 4.71. The summed E-state index contributed by atoms with van der Waals surface area (Å²) in [6, 6.07) is 3.67. The zero-order valence-corrected chi connectivity index (χ0v) is 19.2. The van der Waals surface area contributed by atoms with E-state index in [9.17, 15) is 9.59 Å². The number of methoxy groups -OCH3 is 1. The van der Waals surface area contributed by atoms with Crippen LogP contribution in [0.15, 0.2) is 18.3 Å². The van der Waals surface area contributed by atoms with E-state index < -0.39 is 12.1 Å². The van der Waals surface area contributed by atoms with Crippen molar-refractivity contribution >= 4 is 44.1 Å². The Morgan fingerprint density at radius 3 is 2.77 bits per heavy atom. The Hall–Kier alpha value is -2.39. The van der Waals surface area contributed by atoms with Crippen LogP contribution in [0.5, 0.6) is 0 Å². The number of ether oxygens (including phenoxy) is 1. The molecule has 1 aliphatic rings. The van der Waals surface area contributed by atoms with E-state index in [1.807, 2.05) is 24.9 Å². The van der Waals surface area contributed by atoms with Crippen LogP contribution >= 0.6 is 22.7 Å². The smallest absolute Gasteiger partial charge is 0.407 e. The van der Waals surface area contributed by atoms with Gasteiger partial charge in [0, 0.05) is 20.8 Å². The minimum atomic E-state index is -0.625. The number of aromatic nitrogens is 2. The van der Waals surface area contributed by atoms with Crippen molar-refractivity contribution in [3.8, 4) is 10.6 Å². The Kier molecular flexibility index (Phi) is 5.84. The van der Waals surface area contributed by atoms with E-state index in [4.69, 9.17) is 4.74 Å². The van der Waals surface area contributed by atoms with Gasteiger partial charge in [0.2, 0.25) is 5.91 Å². The maximum Gasteiger partial charge on any atom is 0.407 e. The third kappa shape index (κ3) is 3.96. The standard InChI is InChI=1S/C21H26N4O3S2/c1-11(2)18(24-21(27)28-4)20(26)25-7-5-6-14(25)19-22-10-13(23-19)15-9-17-16(30-15)8-12(3)29-17/h8-11,14,18H,5-7H2,1-4H3,(H,22,23)(H,24,27). The molecule has 4 heterocycles. The molecule has 3 aromatic rings. The fourth-order valence-electron chi connectivity index (χ4n) is 3.91. The average molecular weight is 447 g/mol. The van der Waals surface area contributed by atoms with E-state index in [0.717, 1.165) is 29.2 Å². The van der Waals surface area contributed by atoms with Gasteiger partial charge in [0.15, 0.2) is 0 Å². The lowest BCUT2D eigenvalue weighted by molar-refractivity contribution is -0.135. The van der Waals surface area contributed by atoms with E-state index in [2.05, 4.69) is 34.3 Å². The van der Waals surface area contributed by atoms with Crippen molar-refractivity contribution in [1.82, 2.24) is 20.2 Å². The number of hydrogen-bond acceptors (Lipinski definition) is 6. The van der Waals surface area contributed by atoms with Crippen molar-refractivity contribution in [3.05, 3.63) is 29.0 Å². The van der Waals surface area contributed by atoms with Gasteiger partial charge in [-0.2, -0.15) is 0 Å². The number of amides is 2. The normalized spacial score (nSPS) is 17.6. The van der Waals surface area contributed by atoms with Gasteiger partial charge < -0.3 is 19.9 Å². The molecule has 7 nitrogen and oxygen atoms in total. The van der Waals surface area contributed by atoms with E-state index in [1.54, 1.807) is 22.7 Å². The molecule has 0 aliphatic carbocycles. The summed E-state index contributed by atoms with van der Waals surface area (Å²) < 4.78 is 7.27. The molecule has 3 aromatic heterocycles. The molecular weight excluding hydrogens is 420 g/mol. The maximum atomic E-state index is 13.2. The Morgan fingerprint density at radius 1 is 1.30 bits per heavy atom. The van der Waals surface area contributed by atoms with Crippen LogP contribution in [0.2, 0.25) is 0 Å². The molecular formula is C21H26N4O3S2. The first-order valence-corrected chi connectivity index (χ1v) is 11.7. The number of nitrogens with one attached hydrogen (secondary N) is 2. The number of H-pyrrole nitrogens is 1. The molecule has 0 saturated carbocycles. The van der Waals surface area contributed by atoms with Crippen molar-refractivity contribution in [2.24, 2.45) is 5.92 Å². The lowest BCUT2D eigenvalue weighted by Crippen LogP contribution is -2.51. The number of hydrogen-bond donors (Lipinski definition) is 2. The molecule has 0 bridgehead atoms. The fraction of sp³-hybridized carbons (Fsp3) is 0.476. The highest BCUT2D eigenvalue weighted by Gasteiger charge is 2.37. The fourth-order valence-corrected chi connectivity index (χ4v) is 6.19. The van der Waals surface area contributed by atoms with Crippen molar-refractivity contribution in [3.63, 3.8) is 0 Å². The SMILES string of the molecule is COC(=O)NC(C(=O)N1CCCC1c1ncc(-c2cc3sc(C)cc3s2)[nH]1)C(C)C. The molecule has 0 aromatic carbocycles. The van der Waals surface area contributed by atoms with E-state index in [-0.39, 0.29) is 17.9 Å². The topological polar surface area (TPSA) is 87.3 Å². The lowest BCUT2D eigenvalue weighted by Gasteiger charge is -2.30. The number of nitrogens with zero attached hydrogens (tertiary/aromatic N) is 2. The summed E-state index contributed by atoms with van der Waals surface area (Å²) in [6.07, 6.45) is 3.01. The van der Waals surface area contributed by atoms with E-state index >= 15 is 0 Å². The highest BCUT2D eigenvalue weighted by Crippen LogP contribution is 2.38. The second-order valence-electron chi connectivity index (χ2n) is 7.93. The van der Waals surface area contributed by atoms with Crippen molar-refractivity contribution in [2.45, 2.75) is 45.7 Å². The highest BCUT2D eigenvalue weighted by molar-refractivity contribution is 7.29. The first-order chi connectivity index (χ1) is 14.4. The van der Waals surface area contributed by atoms with Gasteiger partial charge in [-0.3, -0.25) is 4.79 Å². The van der Waals surface area contributed by atoms with Crippen LogP contribution in [-0.2, 0) is 9.53 Å². The molecule has 1 aliphatic heterocycles. The maximum absolute atomic E-state index is 13.2. The molecule has 1 fully saturated rings. The molecule has 2 amide bonds. The third-order valence-electron chi connectivity index (χ3n) is 5.43. The lowest BCUT2D eigenvalue weighted by atomic mass is 10.0. The van der Waals surface area contributed by atoms with Gasteiger partial charge in [0.1, 0.15) is 11.9 Å². The van der Waals surface area contributed by atoms with Gasteiger partial charge in [-0.1, -0.05) is 13.8 Å². The Bertz CT molecular complexity index is 1040. The number of carbonyl (C=O) groups excluding carboxylic acids is 2. The third-order valence-corrected chi connectivity index (χ3v) is 7.68. The number of likely N-dealkylation sites (tertiary alicyclic amines) is 1. The summed E-state index contributed by atoms with van der Waals surface area (Å²) >= 11 is 3.54. The second kappa shape index (κ2) is 8.39. The molecule has 4 rings (SSSR count). The first-order valence-electron chi connectivity index (χ1n) is 10.1. The van der Waals surface area contributed by atoms with Crippen LogP contribution in [0.25, 0.3) is 20.0 Å². The van der Waals surface area contributed by atoms with Crippen LogP contribution in [0, 0.1) is 12.8 Å². The van der Waals surface area contributed by atoms with Gasteiger partial charge >= 0.3 is 6.09 Å². The minimum absolute atomic E-state index is 0.0486. The summed E-state index contributed by atoms with van der Waals surface area (Å²) in [5.41, 5.74) is 0.975. The van der Waals surface area contributed by atoms with Crippen LogP contribution < -0.4 is 5.32 Å². The second-order valence-corrected chi connectivity index (χ2v) is 10.3. The van der Waals surface area contributed by atoms with Crippen LogP contribution in [0.3, 0.4) is 0 Å². The van der Waals surface area contributed by atoms with Gasteiger partial charge in [0.25, 0.3) is 0 Å². The summed E-state index contributed by atoms with van der Waals surface area (Å²) in [4.78, 5) is 37.3. The monoisotopic (exact) mass is 446 g/mol. The molecule has 9 heteroatoms. The molecule has 0 radical (unpaired) electrons. The van der Waals surface area contributed by atoms with Crippen LogP contribution in [0.4, 0.5) is 4.79 Å².